The summed E-state index contributed by atoms with van der Waals surface area (Å²) in [6, 6.07) is 9.54. The average Bonchev–Trinajstić information content (AvgIpc) is 3.24. The molecule has 2 heterocycles. The van der Waals surface area contributed by atoms with Crippen molar-refractivity contribution in [3.8, 4) is 11.4 Å². The normalized spacial score (nSPS) is 10.7. The second-order valence-corrected chi connectivity index (χ2v) is 5.87. The zero-order chi connectivity index (χ0) is 17.8. The highest BCUT2D eigenvalue weighted by molar-refractivity contribution is 5.75. The fourth-order valence-corrected chi connectivity index (χ4v) is 2.51. The van der Waals surface area contributed by atoms with Crippen molar-refractivity contribution in [3.63, 3.8) is 0 Å². The first-order chi connectivity index (χ1) is 12.1. The van der Waals surface area contributed by atoms with E-state index in [0.717, 1.165) is 22.7 Å². The first-order valence-electron chi connectivity index (χ1n) is 7.97. The number of methoxy groups -OCH3 is 1. The number of rotatable bonds is 6. The molecule has 7 heteroatoms. The van der Waals surface area contributed by atoms with Crippen LogP contribution in [-0.4, -0.2) is 44.5 Å². The smallest absolute Gasteiger partial charge is 0.244 e. The number of benzene rings is 1. The molecular weight excluding hydrogens is 318 g/mol. The van der Waals surface area contributed by atoms with Gasteiger partial charge in [-0.2, -0.15) is 10.2 Å². The maximum Gasteiger partial charge on any atom is 0.244 e. The van der Waals surface area contributed by atoms with E-state index >= 15 is 0 Å². The number of amides is 1. The van der Waals surface area contributed by atoms with E-state index in [4.69, 9.17) is 4.74 Å². The van der Waals surface area contributed by atoms with E-state index in [1.165, 1.54) is 0 Å². The predicted molar refractivity (Wildman–Crippen MR) is 93.6 cm³/mol. The summed E-state index contributed by atoms with van der Waals surface area (Å²) in [5.41, 5.74) is 2.83. The highest BCUT2D eigenvalue weighted by Gasteiger charge is 2.13. The van der Waals surface area contributed by atoms with Crippen LogP contribution in [0.4, 0.5) is 0 Å². The van der Waals surface area contributed by atoms with Crippen LogP contribution < -0.4 is 4.74 Å². The molecule has 0 unspecified atom stereocenters. The number of ether oxygens (including phenoxy) is 1. The molecule has 0 spiro atoms. The number of aromatic nitrogens is 4. The number of carbonyl (C=O) groups excluding carboxylic acids is 1. The van der Waals surface area contributed by atoms with Gasteiger partial charge in [0.15, 0.2) is 0 Å². The maximum absolute atomic E-state index is 12.3. The third kappa shape index (κ3) is 3.88. The highest BCUT2D eigenvalue weighted by atomic mass is 16.5. The van der Waals surface area contributed by atoms with E-state index in [2.05, 4.69) is 10.2 Å². The molecule has 0 aliphatic heterocycles. The van der Waals surface area contributed by atoms with Gasteiger partial charge < -0.3 is 9.64 Å². The third-order valence-corrected chi connectivity index (χ3v) is 4.01. The Morgan fingerprint density at radius 3 is 2.84 bits per heavy atom. The summed E-state index contributed by atoms with van der Waals surface area (Å²) in [5, 5.41) is 8.52. The Balaban J connectivity index is 1.66. The van der Waals surface area contributed by atoms with Gasteiger partial charge in [-0.15, -0.1) is 0 Å². The van der Waals surface area contributed by atoms with Gasteiger partial charge in [-0.25, -0.2) is 4.68 Å². The fraction of sp³-hybridized carbons (Fsp3) is 0.278. The minimum Gasteiger partial charge on any atom is -0.497 e. The molecule has 0 saturated heterocycles. The van der Waals surface area contributed by atoms with Gasteiger partial charge in [-0.1, -0.05) is 6.07 Å². The van der Waals surface area contributed by atoms with Crippen molar-refractivity contribution in [2.24, 2.45) is 0 Å². The molecule has 7 nitrogen and oxygen atoms in total. The third-order valence-electron chi connectivity index (χ3n) is 4.01. The molecule has 130 valence electrons. The van der Waals surface area contributed by atoms with Crippen molar-refractivity contribution >= 4 is 5.91 Å². The fourth-order valence-electron chi connectivity index (χ4n) is 2.51. The largest absolute Gasteiger partial charge is 0.497 e. The first-order valence-corrected chi connectivity index (χ1v) is 7.97. The summed E-state index contributed by atoms with van der Waals surface area (Å²) in [6.45, 7) is 2.65. The number of likely N-dealkylation sites (N-methyl/N-ethyl adjacent to an activating group) is 1. The first kappa shape index (κ1) is 16.8. The van der Waals surface area contributed by atoms with Gasteiger partial charge in [0, 0.05) is 43.3 Å². The van der Waals surface area contributed by atoms with Gasteiger partial charge in [0.25, 0.3) is 0 Å². The van der Waals surface area contributed by atoms with Crippen molar-refractivity contribution in [2.75, 3.05) is 14.2 Å². The van der Waals surface area contributed by atoms with Crippen LogP contribution in [-0.2, 0) is 17.9 Å². The van der Waals surface area contributed by atoms with Crippen molar-refractivity contribution in [3.05, 3.63) is 60.2 Å². The van der Waals surface area contributed by atoms with E-state index in [0.29, 0.717) is 6.54 Å². The van der Waals surface area contributed by atoms with Crippen LogP contribution in [0.2, 0.25) is 0 Å². The molecule has 0 atom stereocenters. The summed E-state index contributed by atoms with van der Waals surface area (Å²) < 4.78 is 8.70. The van der Waals surface area contributed by atoms with E-state index in [-0.39, 0.29) is 12.5 Å². The Labute approximate surface area is 146 Å². The number of hydrogen-bond acceptors (Lipinski definition) is 4. The van der Waals surface area contributed by atoms with Crippen LogP contribution in [0.5, 0.6) is 5.75 Å². The van der Waals surface area contributed by atoms with Crippen molar-refractivity contribution in [2.45, 2.75) is 20.0 Å². The lowest BCUT2D eigenvalue weighted by atomic mass is 10.3. The highest BCUT2D eigenvalue weighted by Crippen LogP contribution is 2.16. The SMILES string of the molecule is COc1cccc(-n2cc(CN(C)C(=O)Cn3nccc3C)cn2)c1. The molecule has 0 aliphatic rings. The summed E-state index contributed by atoms with van der Waals surface area (Å²) >= 11 is 0. The van der Waals surface area contributed by atoms with Gasteiger partial charge in [0.1, 0.15) is 12.3 Å². The molecule has 1 aromatic carbocycles. The van der Waals surface area contributed by atoms with Crippen LogP contribution in [0.1, 0.15) is 11.3 Å². The number of nitrogens with zero attached hydrogens (tertiary/aromatic N) is 5. The number of aryl methyl sites for hydroxylation is 1. The minimum absolute atomic E-state index is 0.000861. The topological polar surface area (TPSA) is 65.2 Å². The van der Waals surface area contributed by atoms with E-state index in [1.807, 2.05) is 43.5 Å². The molecule has 0 aliphatic carbocycles. The predicted octanol–water partition coefficient (Wildman–Crippen LogP) is 2.04. The molecule has 0 N–H and O–H groups in total. The average molecular weight is 339 g/mol. The monoisotopic (exact) mass is 339 g/mol. The zero-order valence-electron chi connectivity index (χ0n) is 14.6. The van der Waals surface area contributed by atoms with E-state index < -0.39 is 0 Å². The maximum atomic E-state index is 12.3. The minimum atomic E-state index is 0.000861. The Morgan fingerprint density at radius 1 is 1.28 bits per heavy atom. The van der Waals surface area contributed by atoms with Gasteiger partial charge in [-0.05, 0) is 25.1 Å². The van der Waals surface area contributed by atoms with Gasteiger partial charge >= 0.3 is 0 Å². The molecule has 2 aromatic heterocycles. The van der Waals surface area contributed by atoms with Crippen LogP contribution >= 0.6 is 0 Å². The lowest BCUT2D eigenvalue weighted by molar-refractivity contribution is -0.131. The lowest BCUT2D eigenvalue weighted by Crippen LogP contribution is -2.30. The standard InChI is InChI=1S/C18H21N5O2/c1-14-7-8-19-22(14)13-18(24)21(2)11-15-10-20-23(12-15)16-5-4-6-17(9-16)25-3/h4-10,12H,11,13H2,1-3H3. The van der Waals surface area contributed by atoms with Crippen LogP contribution in [0.3, 0.4) is 0 Å². The lowest BCUT2D eigenvalue weighted by Gasteiger charge is -2.16. The van der Waals surface area contributed by atoms with Crippen molar-refractivity contribution in [1.82, 2.24) is 24.5 Å². The second-order valence-electron chi connectivity index (χ2n) is 5.87. The number of carbonyl (C=O) groups is 1. The molecule has 0 fully saturated rings. The zero-order valence-corrected chi connectivity index (χ0v) is 14.6. The number of hydrogen-bond donors (Lipinski definition) is 0. The summed E-state index contributed by atoms with van der Waals surface area (Å²) in [7, 11) is 3.42. The quantitative estimate of drug-likeness (QED) is 0.689. The molecule has 0 bridgehead atoms. The van der Waals surface area contributed by atoms with Crippen LogP contribution in [0, 0.1) is 6.92 Å². The van der Waals surface area contributed by atoms with E-state index in [9.17, 15) is 4.79 Å². The Morgan fingerprint density at radius 2 is 2.12 bits per heavy atom. The molecule has 3 rings (SSSR count). The second kappa shape index (κ2) is 7.21. The molecule has 0 radical (unpaired) electrons. The van der Waals surface area contributed by atoms with Gasteiger partial charge in [-0.3, -0.25) is 9.48 Å². The molecule has 3 aromatic rings. The molecule has 1 amide bonds. The van der Waals surface area contributed by atoms with Crippen molar-refractivity contribution in [1.29, 1.82) is 0 Å². The van der Waals surface area contributed by atoms with Crippen molar-refractivity contribution < 1.29 is 9.53 Å². The Bertz CT molecular complexity index is 868. The molecule has 25 heavy (non-hydrogen) atoms. The van der Waals surface area contributed by atoms with Gasteiger partial charge in [0.2, 0.25) is 5.91 Å². The van der Waals surface area contributed by atoms with Crippen LogP contribution in [0.25, 0.3) is 5.69 Å². The Hall–Kier alpha value is -3.09. The molecular formula is C18H21N5O2. The van der Waals surface area contributed by atoms with E-state index in [1.54, 1.807) is 40.8 Å². The van der Waals surface area contributed by atoms with Gasteiger partial charge in [0.05, 0.1) is 19.0 Å². The summed E-state index contributed by atoms with van der Waals surface area (Å²) in [4.78, 5) is 14.0. The Kier molecular flexibility index (Phi) is 4.83. The summed E-state index contributed by atoms with van der Waals surface area (Å²) in [6.07, 6.45) is 5.38. The molecule has 0 saturated carbocycles. The summed E-state index contributed by atoms with van der Waals surface area (Å²) in [5.74, 6) is 0.775. The van der Waals surface area contributed by atoms with Crippen LogP contribution in [0.15, 0.2) is 48.9 Å².